The molecule has 5 heteroatoms. The molecule has 0 heterocycles. The summed E-state index contributed by atoms with van der Waals surface area (Å²) in [7, 11) is 1.24. The van der Waals surface area contributed by atoms with Crippen molar-refractivity contribution in [1.82, 2.24) is 4.90 Å². The molecule has 0 aliphatic rings. The Kier molecular flexibility index (Phi) is 5.30. The zero-order valence-corrected chi connectivity index (χ0v) is 8.61. The number of nitriles is 1. The van der Waals surface area contributed by atoms with Crippen LogP contribution >= 0.6 is 0 Å². The second-order valence-corrected chi connectivity index (χ2v) is 3.08. The molecule has 0 saturated carbocycles. The topological polar surface area (TPSA) is 70.4 Å². The molecule has 0 radical (unpaired) electrons. The lowest BCUT2D eigenvalue weighted by atomic mass is 10.2. The Morgan fingerprint density at radius 1 is 1.50 bits per heavy atom. The van der Waals surface area contributed by atoms with E-state index in [1.807, 2.05) is 6.07 Å². The van der Waals surface area contributed by atoms with Gasteiger partial charge in [0.05, 0.1) is 13.2 Å². The molecule has 78 valence electrons. The van der Waals surface area contributed by atoms with Crippen molar-refractivity contribution < 1.29 is 14.3 Å². The Morgan fingerprint density at radius 2 is 2.07 bits per heavy atom. The predicted molar refractivity (Wildman–Crippen MR) is 49.0 cm³/mol. The van der Waals surface area contributed by atoms with E-state index >= 15 is 0 Å². The van der Waals surface area contributed by atoms with Crippen molar-refractivity contribution in [2.45, 2.75) is 13.8 Å². The first-order chi connectivity index (χ1) is 6.52. The van der Waals surface area contributed by atoms with Crippen molar-refractivity contribution in [3.8, 4) is 6.07 Å². The molecule has 0 fully saturated rings. The highest BCUT2D eigenvalue weighted by Crippen LogP contribution is 2.01. The minimum Gasteiger partial charge on any atom is -0.468 e. The number of hydrogen-bond acceptors (Lipinski definition) is 4. The number of methoxy groups -OCH3 is 1. The van der Waals surface area contributed by atoms with Crippen molar-refractivity contribution in [1.29, 1.82) is 5.26 Å². The van der Waals surface area contributed by atoms with Crippen molar-refractivity contribution >= 4 is 11.9 Å². The first-order valence-corrected chi connectivity index (χ1v) is 4.25. The Bertz CT molecular complexity index is 255. The summed E-state index contributed by atoms with van der Waals surface area (Å²) >= 11 is 0. The molecule has 0 rings (SSSR count). The van der Waals surface area contributed by atoms with Crippen molar-refractivity contribution in [3.63, 3.8) is 0 Å². The molecular weight excluding hydrogens is 184 g/mol. The van der Waals surface area contributed by atoms with Gasteiger partial charge in [0.2, 0.25) is 5.91 Å². The fourth-order valence-corrected chi connectivity index (χ4v) is 0.883. The summed E-state index contributed by atoms with van der Waals surface area (Å²) in [5.74, 6) is -0.973. The summed E-state index contributed by atoms with van der Waals surface area (Å²) in [5, 5.41) is 8.46. The number of nitrogens with zero attached hydrogens (tertiary/aromatic N) is 2. The maximum absolute atomic E-state index is 11.5. The second kappa shape index (κ2) is 5.97. The molecule has 0 saturated heterocycles. The molecule has 0 N–H and O–H groups in total. The smallest absolute Gasteiger partial charge is 0.325 e. The highest BCUT2D eigenvalue weighted by atomic mass is 16.5. The summed E-state index contributed by atoms with van der Waals surface area (Å²) in [6.45, 7) is 3.17. The predicted octanol–water partition coefficient (Wildman–Crippen LogP) is 0.168. The summed E-state index contributed by atoms with van der Waals surface area (Å²) in [5.41, 5.74) is 0. The minimum absolute atomic E-state index is 0.0912. The van der Waals surface area contributed by atoms with Crippen LogP contribution in [-0.4, -0.2) is 37.0 Å². The van der Waals surface area contributed by atoms with Gasteiger partial charge in [-0.15, -0.1) is 0 Å². The van der Waals surface area contributed by atoms with E-state index in [1.165, 1.54) is 12.0 Å². The third-order valence-electron chi connectivity index (χ3n) is 1.61. The molecule has 5 nitrogen and oxygen atoms in total. The molecule has 0 atom stereocenters. The van der Waals surface area contributed by atoms with Gasteiger partial charge in [0.25, 0.3) is 0 Å². The molecule has 0 bridgehead atoms. The lowest BCUT2D eigenvalue weighted by molar-refractivity contribution is -0.147. The van der Waals surface area contributed by atoms with Crippen LogP contribution in [-0.2, 0) is 14.3 Å². The van der Waals surface area contributed by atoms with E-state index in [-0.39, 0.29) is 24.9 Å². The van der Waals surface area contributed by atoms with Gasteiger partial charge in [0.15, 0.2) is 0 Å². The fraction of sp³-hybridized carbons (Fsp3) is 0.667. The number of amides is 1. The number of rotatable bonds is 4. The zero-order chi connectivity index (χ0) is 11.1. The number of ether oxygens (including phenoxy) is 1. The van der Waals surface area contributed by atoms with E-state index < -0.39 is 5.97 Å². The molecule has 0 spiro atoms. The van der Waals surface area contributed by atoms with Crippen LogP contribution in [0.25, 0.3) is 0 Å². The molecule has 0 aliphatic carbocycles. The Morgan fingerprint density at radius 3 is 2.43 bits per heavy atom. The van der Waals surface area contributed by atoms with Crippen molar-refractivity contribution in [2.24, 2.45) is 5.92 Å². The third-order valence-corrected chi connectivity index (χ3v) is 1.61. The van der Waals surface area contributed by atoms with E-state index in [1.54, 1.807) is 13.8 Å². The first-order valence-electron chi connectivity index (χ1n) is 4.25. The largest absolute Gasteiger partial charge is 0.468 e. The number of hydrogen-bond donors (Lipinski definition) is 0. The van der Waals surface area contributed by atoms with Crippen LogP contribution in [0, 0.1) is 17.2 Å². The van der Waals surface area contributed by atoms with Crippen LogP contribution in [0.2, 0.25) is 0 Å². The summed E-state index contributed by atoms with van der Waals surface area (Å²) < 4.78 is 4.41. The minimum atomic E-state index is -0.519. The van der Waals surface area contributed by atoms with Crippen molar-refractivity contribution in [3.05, 3.63) is 0 Å². The Balaban J connectivity index is 4.37. The number of carbonyl (C=O) groups is 2. The molecule has 0 unspecified atom stereocenters. The van der Waals surface area contributed by atoms with Crippen molar-refractivity contribution in [2.75, 3.05) is 20.2 Å². The van der Waals surface area contributed by atoms with E-state index in [4.69, 9.17) is 5.26 Å². The van der Waals surface area contributed by atoms with Gasteiger partial charge >= 0.3 is 5.97 Å². The van der Waals surface area contributed by atoms with Crippen LogP contribution in [0.4, 0.5) is 0 Å². The molecule has 0 aromatic carbocycles. The number of carbonyl (C=O) groups excluding carboxylic acids is 2. The Labute approximate surface area is 83.2 Å². The third kappa shape index (κ3) is 3.90. The van der Waals surface area contributed by atoms with E-state index in [9.17, 15) is 9.59 Å². The molecule has 0 aromatic heterocycles. The van der Waals surface area contributed by atoms with Gasteiger partial charge in [0, 0.05) is 5.92 Å². The van der Waals surface area contributed by atoms with E-state index in [0.717, 1.165) is 0 Å². The fourth-order valence-electron chi connectivity index (χ4n) is 0.883. The van der Waals surface area contributed by atoms with Gasteiger partial charge in [-0.05, 0) is 0 Å². The van der Waals surface area contributed by atoms with Crippen LogP contribution in [0.5, 0.6) is 0 Å². The maximum atomic E-state index is 11.5. The Hall–Kier alpha value is -1.57. The van der Waals surface area contributed by atoms with Gasteiger partial charge < -0.3 is 9.64 Å². The normalized spacial score (nSPS) is 9.36. The standard InChI is InChI=1S/C9H14N2O3/c1-7(2)9(13)11(5-4-10)6-8(12)14-3/h7H,5-6H2,1-3H3. The molecular formula is C9H14N2O3. The lowest BCUT2D eigenvalue weighted by Crippen LogP contribution is -2.38. The van der Waals surface area contributed by atoms with Gasteiger partial charge in [-0.1, -0.05) is 13.8 Å². The van der Waals surface area contributed by atoms with Crippen LogP contribution in [0.15, 0.2) is 0 Å². The highest BCUT2D eigenvalue weighted by molar-refractivity contribution is 5.83. The van der Waals surface area contributed by atoms with Crippen LogP contribution in [0.1, 0.15) is 13.8 Å². The SMILES string of the molecule is COC(=O)CN(CC#N)C(=O)C(C)C. The summed E-state index contributed by atoms with van der Waals surface area (Å²) in [4.78, 5) is 23.5. The van der Waals surface area contributed by atoms with Gasteiger partial charge in [0.1, 0.15) is 13.1 Å². The summed E-state index contributed by atoms with van der Waals surface area (Å²) in [6.07, 6.45) is 0. The van der Waals surface area contributed by atoms with Gasteiger partial charge in [-0.3, -0.25) is 9.59 Å². The highest BCUT2D eigenvalue weighted by Gasteiger charge is 2.19. The average Bonchev–Trinajstić information content (AvgIpc) is 2.15. The van der Waals surface area contributed by atoms with Gasteiger partial charge in [-0.25, -0.2) is 0 Å². The number of esters is 1. The quantitative estimate of drug-likeness (QED) is 0.477. The molecule has 14 heavy (non-hydrogen) atoms. The lowest BCUT2D eigenvalue weighted by Gasteiger charge is -2.19. The zero-order valence-electron chi connectivity index (χ0n) is 8.61. The molecule has 0 aromatic rings. The average molecular weight is 198 g/mol. The van der Waals surface area contributed by atoms with Gasteiger partial charge in [-0.2, -0.15) is 5.26 Å². The van der Waals surface area contributed by atoms with Crippen LogP contribution in [0.3, 0.4) is 0 Å². The maximum Gasteiger partial charge on any atom is 0.325 e. The first kappa shape index (κ1) is 12.4. The van der Waals surface area contributed by atoms with E-state index in [2.05, 4.69) is 4.74 Å². The summed E-state index contributed by atoms with van der Waals surface area (Å²) in [6, 6.07) is 1.83. The second-order valence-electron chi connectivity index (χ2n) is 3.08. The monoisotopic (exact) mass is 198 g/mol. The van der Waals surface area contributed by atoms with E-state index in [0.29, 0.717) is 0 Å². The van der Waals surface area contributed by atoms with Crippen LogP contribution < -0.4 is 0 Å². The molecule has 0 aliphatic heterocycles. The molecule has 1 amide bonds.